The van der Waals surface area contributed by atoms with Gasteiger partial charge in [0.2, 0.25) is 5.91 Å². The largest absolute Gasteiger partial charge is 0.344 e. The van der Waals surface area contributed by atoms with Crippen molar-refractivity contribution in [3.8, 4) is 0 Å². The molecule has 15 heavy (non-hydrogen) atoms. The highest BCUT2D eigenvalue weighted by molar-refractivity contribution is 5.81. The number of likely N-dealkylation sites (N-methyl/N-ethyl adjacent to an activating group) is 1. The van der Waals surface area contributed by atoms with Gasteiger partial charge >= 0.3 is 0 Å². The molecule has 0 bridgehead atoms. The highest BCUT2D eigenvalue weighted by Gasteiger charge is 2.20. The minimum absolute atomic E-state index is 0.100. The number of amides is 1. The lowest BCUT2D eigenvalue weighted by Gasteiger charge is -2.28. The van der Waals surface area contributed by atoms with E-state index in [-0.39, 0.29) is 11.9 Å². The summed E-state index contributed by atoms with van der Waals surface area (Å²) in [5.74, 6) is 0.805. The number of rotatable bonds is 4. The van der Waals surface area contributed by atoms with Crippen molar-refractivity contribution < 1.29 is 4.79 Å². The number of hydrogen-bond donors (Lipinski definition) is 1. The van der Waals surface area contributed by atoms with Gasteiger partial charge < -0.3 is 10.6 Å². The van der Waals surface area contributed by atoms with Crippen molar-refractivity contribution in [3.05, 3.63) is 0 Å². The maximum Gasteiger partial charge on any atom is 0.239 e. The maximum absolute atomic E-state index is 11.7. The zero-order valence-corrected chi connectivity index (χ0v) is 10.0. The molecular formula is C12H24N2O. The Balaban J connectivity index is 2.33. The summed E-state index contributed by atoms with van der Waals surface area (Å²) >= 11 is 0. The smallest absolute Gasteiger partial charge is 0.239 e. The van der Waals surface area contributed by atoms with Gasteiger partial charge in [-0.2, -0.15) is 0 Å². The molecule has 1 rings (SSSR count). The molecule has 0 aromatic carbocycles. The van der Waals surface area contributed by atoms with Gasteiger partial charge in [-0.25, -0.2) is 0 Å². The first-order valence-corrected chi connectivity index (χ1v) is 6.15. The van der Waals surface area contributed by atoms with Crippen LogP contribution in [0, 0.1) is 5.92 Å². The van der Waals surface area contributed by atoms with Crippen LogP contribution in [0.5, 0.6) is 0 Å². The summed E-state index contributed by atoms with van der Waals surface area (Å²) in [5, 5.41) is 0. The lowest BCUT2D eigenvalue weighted by atomic mass is 9.89. The molecule has 2 N–H and O–H groups in total. The van der Waals surface area contributed by atoms with E-state index in [2.05, 4.69) is 0 Å². The van der Waals surface area contributed by atoms with Crippen LogP contribution in [-0.2, 0) is 4.79 Å². The first-order chi connectivity index (χ1) is 7.15. The van der Waals surface area contributed by atoms with Gasteiger partial charge in [0.25, 0.3) is 0 Å². The normalized spacial score (nSPS) is 19.9. The number of nitrogens with zero attached hydrogens (tertiary/aromatic N) is 1. The number of hydrogen-bond acceptors (Lipinski definition) is 2. The molecule has 1 aliphatic carbocycles. The third-order valence-electron chi connectivity index (χ3n) is 3.39. The van der Waals surface area contributed by atoms with Crippen LogP contribution in [0.25, 0.3) is 0 Å². The van der Waals surface area contributed by atoms with Gasteiger partial charge in [0.15, 0.2) is 0 Å². The van der Waals surface area contributed by atoms with Crippen LogP contribution in [0.15, 0.2) is 0 Å². The Kier molecular flexibility index (Phi) is 5.09. The Hall–Kier alpha value is -0.570. The molecular weight excluding hydrogens is 188 g/mol. The highest BCUT2D eigenvalue weighted by atomic mass is 16.2. The van der Waals surface area contributed by atoms with Gasteiger partial charge in [0.05, 0.1) is 6.04 Å². The Morgan fingerprint density at radius 2 is 2.00 bits per heavy atom. The molecule has 0 aromatic rings. The van der Waals surface area contributed by atoms with Gasteiger partial charge in [-0.3, -0.25) is 4.79 Å². The summed E-state index contributed by atoms with van der Waals surface area (Å²) in [4.78, 5) is 13.6. The first kappa shape index (κ1) is 12.5. The second-order valence-electron chi connectivity index (χ2n) is 4.74. The van der Waals surface area contributed by atoms with E-state index in [4.69, 9.17) is 5.73 Å². The molecule has 1 fully saturated rings. The standard InChI is InChI=1S/C12H24N2O/c1-3-11(13)12(15)14(2)9-10-7-5-4-6-8-10/h10-11H,3-9,13H2,1-2H3. The van der Waals surface area contributed by atoms with Crippen molar-refractivity contribution in [1.82, 2.24) is 4.90 Å². The summed E-state index contributed by atoms with van der Waals surface area (Å²) in [6.45, 7) is 2.85. The van der Waals surface area contributed by atoms with Gasteiger partial charge in [0.1, 0.15) is 0 Å². The molecule has 1 saturated carbocycles. The predicted molar refractivity (Wildman–Crippen MR) is 62.5 cm³/mol. The Bertz CT molecular complexity index is 200. The molecule has 0 aromatic heterocycles. The fraction of sp³-hybridized carbons (Fsp3) is 0.917. The minimum Gasteiger partial charge on any atom is -0.344 e. The van der Waals surface area contributed by atoms with E-state index in [0.29, 0.717) is 5.92 Å². The zero-order valence-electron chi connectivity index (χ0n) is 10.0. The highest BCUT2D eigenvalue weighted by Crippen LogP contribution is 2.24. The fourth-order valence-corrected chi connectivity index (χ4v) is 2.30. The second kappa shape index (κ2) is 6.11. The molecule has 0 aliphatic heterocycles. The summed E-state index contributed by atoms with van der Waals surface area (Å²) in [7, 11) is 1.88. The topological polar surface area (TPSA) is 46.3 Å². The maximum atomic E-state index is 11.7. The van der Waals surface area contributed by atoms with Crippen LogP contribution in [-0.4, -0.2) is 30.4 Å². The van der Waals surface area contributed by atoms with E-state index < -0.39 is 0 Å². The summed E-state index contributed by atoms with van der Waals surface area (Å²) < 4.78 is 0. The number of nitrogens with two attached hydrogens (primary N) is 1. The van der Waals surface area contributed by atoms with Gasteiger partial charge in [0, 0.05) is 13.6 Å². The van der Waals surface area contributed by atoms with Crippen LogP contribution < -0.4 is 5.73 Å². The Morgan fingerprint density at radius 3 is 2.53 bits per heavy atom. The molecule has 1 unspecified atom stereocenters. The lowest BCUT2D eigenvalue weighted by Crippen LogP contribution is -2.43. The van der Waals surface area contributed by atoms with Crippen molar-refractivity contribution in [2.24, 2.45) is 11.7 Å². The van der Waals surface area contributed by atoms with E-state index >= 15 is 0 Å². The van der Waals surface area contributed by atoms with E-state index in [1.165, 1.54) is 32.1 Å². The average molecular weight is 212 g/mol. The van der Waals surface area contributed by atoms with Gasteiger partial charge in [-0.15, -0.1) is 0 Å². The van der Waals surface area contributed by atoms with Crippen molar-refractivity contribution in [2.75, 3.05) is 13.6 Å². The molecule has 1 amide bonds. The van der Waals surface area contributed by atoms with E-state index in [9.17, 15) is 4.79 Å². The van der Waals surface area contributed by atoms with Crippen LogP contribution in [0.2, 0.25) is 0 Å². The molecule has 1 atom stereocenters. The SMILES string of the molecule is CCC(N)C(=O)N(C)CC1CCCCC1. The summed E-state index contributed by atoms with van der Waals surface area (Å²) in [5.41, 5.74) is 5.73. The third-order valence-corrected chi connectivity index (χ3v) is 3.39. The summed E-state index contributed by atoms with van der Waals surface area (Å²) in [6.07, 6.45) is 7.30. The molecule has 0 spiro atoms. The first-order valence-electron chi connectivity index (χ1n) is 6.15. The third kappa shape index (κ3) is 3.82. The number of carbonyl (C=O) groups excluding carboxylic acids is 1. The molecule has 0 radical (unpaired) electrons. The molecule has 3 nitrogen and oxygen atoms in total. The van der Waals surface area contributed by atoms with Crippen molar-refractivity contribution in [1.29, 1.82) is 0 Å². The zero-order chi connectivity index (χ0) is 11.3. The van der Waals surface area contributed by atoms with Crippen LogP contribution in [0.4, 0.5) is 0 Å². The molecule has 88 valence electrons. The average Bonchev–Trinajstić information content (AvgIpc) is 2.28. The molecule has 1 aliphatic rings. The van der Waals surface area contributed by atoms with E-state index in [1.54, 1.807) is 0 Å². The molecule has 0 heterocycles. The van der Waals surface area contributed by atoms with Crippen molar-refractivity contribution in [2.45, 2.75) is 51.5 Å². The van der Waals surface area contributed by atoms with Crippen LogP contribution >= 0.6 is 0 Å². The van der Waals surface area contributed by atoms with Gasteiger partial charge in [-0.05, 0) is 25.2 Å². The lowest BCUT2D eigenvalue weighted by molar-refractivity contribution is -0.132. The minimum atomic E-state index is -0.307. The van der Waals surface area contributed by atoms with E-state index in [0.717, 1.165) is 13.0 Å². The molecule has 3 heteroatoms. The van der Waals surface area contributed by atoms with E-state index in [1.807, 2.05) is 18.9 Å². The second-order valence-corrected chi connectivity index (χ2v) is 4.74. The molecule has 0 saturated heterocycles. The van der Waals surface area contributed by atoms with Crippen LogP contribution in [0.1, 0.15) is 45.4 Å². The van der Waals surface area contributed by atoms with Crippen LogP contribution in [0.3, 0.4) is 0 Å². The monoisotopic (exact) mass is 212 g/mol. The summed E-state index contributed by atoms with van der Waals surface area (Å²) in [6, 6.07) is -0.307. The fourth-order valence-electron chi connectivity index (χ4n) is 2.30. The van der Waals surface area contributed by atoms with Gasteiger partial charge in [-0.1, -0.05) is 26.2 Å². The Labute approximate surface area is 93.0 Å². The predicted octanol–water partition coefficient (Wildman–Crippen LogP) is 1.76. The van der Waals surface area contributed by atoms with Crippen molar-refractivity contribution in [3.63, 3.8) is 0 Å². The quantitative estimate of drug-likeness (QED) is 0.772. The number of carbonyl (C=O) groups is 1. The van der Waals surface area contributed by atoms with Crippen molar-refractivity contribution >= 4 is 5.91 Å². The Morgan fingerprint density at radius 1 is 1.40 bits per heavy atom.